The highest BCUT2D eigenvalue weighted by atomic mass is 16.5. The van der Waals surface area contributed by atoms with E-state index in [2.05, 4.69) is 10.4 Å². The minimum Gasteiger partial charge on any atom is -0.491 e. The molecule has 2 rings (SSSR count). The molecular weight excluding hydrogens is 204 g/mol. The Hall–Kier alpha value is -1.75. The number of guanidine groups is 1. The molecule has 5 nitrogen and oxygen atoms in total. The van der Waals surface area contributed by atoms with Crippen LogP contribution in [-0.4, -0.2) is 26.2 Å². The van der Waals surface area contributed by atoms with E-state index in [9.17, 15) is 0 Å². The minimum absolute atomic E-state index is 0.651. The van der Waals surface area contributed by atoms with Gasteiger partial charge >= 0.3 is 0 Å². The molecule has 1 aliphatic rings. The second-order valence-electron chi connectivity index (χ2n) is 3.51. The minimum atomic E-state index is 0.651. The lowest BCUT2D eigenvalue weighted by molar-refractivity contribution is 0.322. The van der Waals surface area contributed by atoms with E-state index in [-0.39, 0.29) is 0 Å². The lowest BCUT2D eigenvalue weighted by Crippen LogP contribution is -2.45. The number of nitrogens with two attached hydrogens (primary N) is 1. The molecule has 0 unspecified atom stereocenters. The summed E-state index contributed by atoms with van der Waals surface area (Å²) >= 11 is 0. The number of hydrogen-bond acceptors (Lipinski definition) is 3. The van der Waals surface area contributed by atoms with Crippen molar-refractivity contribution in [1.82, 2.24) is 5.43 Å². The molecule has 0 saturated heterocycles. The zero-order valence-corrected chi connectivity index (χ0v) is 9.31. The Balaban J connectivity index is 2.39. The highest BCUT2D eigenvalue weighted by Crippen LogP contribution is 2.30. The van der Waals surface area contributed by atoms with Crippen molar-refractivity contribution in [2.75, 3.05) is 25.1 Å². The van der Waals surface area contributed by atoms with Crippen molar-refractivity contribution in [3.63, 3.8) is 0 Å². The second-order valence-corrected chi connectivity index (χ2v) is 3.51. The molecule has 0 aromatic heterocycles. The van der Waals surface area contributed by atoms with Crippen LogP contribution in [0.5, 0.6) is 5.75 Å². The number of aliphatic imine (C=N–C) groups is 1. The third-order valence-corrected chi connectivity index (χ3v) is 2.54. The first-order valence-electron chi connectivity index (χ1n) is 5.29. The van der Waals surface area contributed by atoms with Gasteiger partial charge in [0.1, 0.15) is 5.75 Å². The van der Waals surface area contributed by atoms with E-state index in [1.165, 1.54) is 0 Å². The first-order chi connectivity index (χ1) is 7.86. The van der Waals surface area contributed by atoms with Crippen LogP contribution in [-0.2, 0) is 0 Å². The van der Waals surface area contributed by atoms with Gasteiger partial charge in [-0.2, -0.15) is 0 Å². The first-order valence-corrected chi connectivity index (χ1v) is 5.29. The van der Waals surface area contributed by atoms with Crippen LogP contribution in [0.4, 0.5) is 5.69 Å². The maximum absolute atomic E-state index is 5.65. The summed E-state index contributed by atoms with van der Waals surface area (Å²) in [6.07, 6.45) is 0.940. The van der Waals surface area contributed by atoms with Gasteiger partial charge in [0.15, 0.2) is 0 Å². The van der Waals surface area contributed by atoms with Gasteiger partial charge in [-0.15, -0.1) is 0 Å². The SMILES string of the molecule is CN=C(NN)N1CCCOc2ccccc21. The maximum Gasteiger partial charge on any atom is 0.212 e. The maximum atomic E-state index is 5.65. The van der Waals surface area contributed by atoms with Gasteiger partial charge in [0.25, 0.3) is 0 Å². The molecule has 16 heavy (non-hydrogen) atoms. The average Bonchev–Trinajstić information content (AvgIpc) is 2.54. The summed E-state index contributed by atoms with van der Waals surface area (Å²) in [6, 6.07) is 7.89. The summed E-state index contributed by atoms with van der Waals surface area (Å²) in [5.41, 5.74) is 3.61. The molecule has 1 aromatic rings. The highest BCUT2D eigenvalue weighted by Gasteiger charge is 2.19. The van der Waals surface area contributed by atoms with Crippen molar-refractivity contribution in [3.8, 4) is 5.75 Å². The summed E-state index contributed by atoms with van der Waals surface area (Å²) in [5, 5.41) is 0. The number of fused-ring (bicyclic) bond motifs is 1. The van der Waals surface area contributed by atoms with Crippen molar-refractivity contribution < 1.29 is 4.74 Å². The topological polar surface area (TPSA) is 62.9 Å². The predicted octanol–water partition coefficient (Wildman–Crippen LogP) is 0.725. The third kappa shape index (κ3) is 1.94. The van der Waals surface area contributed by atoms with Crippen LogP contribution in [0.25, 0.3) is 0 Å². The van der Waals surface area contributed by atoms with Crippen LogP contribution in [0.3, 0.4) is 0 Å². The van der Waals surface area contributed by atoms with E-state index in [4.69, 9.17) is 10.6 Å². The molecule has 0 fully saturated rings. The monoisotopic (exact) mass is 220 g/mol. The normalized spacial score (nSPS) is 16.1. The van der Waals surface area contributed by atoms with Crippen LogP contribution >= 0.6 is 0 Å². The van der Waals surface area contributed by atoms with Crippen LogP contribution in [0, 0.1) is 0 Å². The smallest absolute Gasteiger partial charge is 0.212 e. The molecule has 0 radical (unpaired) electrons. The number of para-hydroxylation sites is 2. The van der Waals surface area contributed by atoms with E-state index in [1.54, 1.807) is 7.05 Å². The van der Waals surface area contributed by atoms with E-state index in [1.807, 2.05) is 29.2 Å². The molecule has 1 aliphatic heterocycles. The van der Waals surface area contributed by atoms with Gasteiger partial charge in [-0.1, -0.05) is 12.1 Å². The summed E-state index contributed by atoms with van der Waals surface area (Å²) < 4.78 is 5.65. The fraction of sp³-hybridized carbons (Fsp3) is 0.364. The van der Waals surface area contributed by atoms with Gasteiger partial charge in [0, 0.05) is 13.6 Å². The Morgan fingerprint density at radius 2 is 2.31 bits per heavy atom. The molecule has 0 saturated carbocycles. The molecular formula is C11H16N4O. The number of hydrogen-bond donors (Lipinski definition) is 2. The number of ether oxygens (including phenoxy) is 1. The fourth-order valence-corrected chi connectivity index (χ4v) is 1.81. The number of nitrogens with one attached hydrogen (secondary N) is 1. The summed E-state index contributed by atoms with van der Waals surface area (Å²) in [5.74, 6) is 6.98. The van der Waals surface area contributed by atoms with Crippen LogP contribution < -0.4 is 20.9 Å². The van der Waals surface area contributed by atoms with Gasteiger partial charge in [-0.3, -0.25) is 10.4 Å². The Morgan fingerprint density at radius 3 is 3.06 bits per heavy atom. The van der Waals surface area contributed by atoms with E-state index in [0.29, 0.717) is 5.96 Å². The van der Waals surface area contributed by atoms with E-state index in [0.717, 1.165) is 31.0 Å². The van der Waals surface area contributed by atoms with Gasteiger partial charge in [0.05, 0.1) is 12.3 Å². The summed E-state index contributed by atoms with van der Waals surface area (Å²) in [7, 11) is 1.71. The fourth-order valence-electron chi connectivity index (χ4n) is 1.81. The number of benzene rings is 1. The molecule has 0 bridgehead atoms. The van der Waals surface area contributed by atoms with Crippen LogP contribution in [0.1, 0.15) is 6.42 Å². The molecule has 1 aromatic carbocycles. The van der Waals surface area contributed by atoms with Crippen molar-refractivity contribution in [2.45, 2.75) is 6.42 Å². The molecule has 0 atom stereocenters. The zero-order valence-electron chi connectivity index (χ0n) is 9.31. The molecule has 0 aliphatic carbocycles. The predicted molar refractivity (Wildman–Crippen MR) is 64.6 cm³/mol. The molecule has 0 amide bonds. The first kappa shape index (κ1) is 10.8. The molecule has 0 spiro atoms. The van der Waals surface area contributed by atoms with E-state index < -0.39 is 0 Å². The Labute approximate surface area is 94.9 Å². The Morgan fingerprint density at radius 1 is 1.50 bits per heavy atom. The summed E-state index contributed by atoms with van der Waals surface area (Å²) in [6.45, 7) is 1.56. The van der Waals surface area contributed by atoms with Gasteiger partial charge in [-0.25, -0.2) is 5.84 Å². The average molecular weight is 220 g/mol. The van der Waals surface area contributed by atoms with Crippen molar-refractivity contribution in [3.05, 3.63) is 24.3 Å². The molecule has 1 heterocycles. The van der Waals surface area contributed by atoms with Crippen molar-refractivity contribution >= 4 is 11.6 Å². The zero-order chi connectivity index (χ0) is 11.4. The largest absolute Gasteiger partial charge is 0.491 e. The van der Waals surface area contributed by atoms with Crippen LogP contribution in [0.2, 0.25) is 0 Å². The van der Waals surface area contributed by atoms with Gasteiger partial charge < -0.3 is 9.64 Å². The number of rotatable bonds is 0. The second kappa shape index (κ2) is 4.85. The Bertz CT molecular complexity index is 391. The number of hydrazine groups is 1. The van der Waals surface area contributed by atoms with Crippen molar-refractivity contribution in [2.24, 2.45) is 10.8 Å². The summed E-state index contributed by atoms with van der Waals surface area (Å²) in [4.78, 5) is 6.15. The van der Waals surface area contributed by atoms with Gasteiger partial charge in [-0.05, 0) is 18.6 Å². The molecule has 5 heteroatoms. The van der Waals surface area contributed by atoms with Crippen LogP contribution in [0.15, 0.2) is 29.3 Å². The number of nitrogens with zero attached hydrogens (tertiary/aromatic N) is 2. The Kier molecular flexibility index (Phi) is 3.26. The lowest BCUT2D eigenvalue weighted by atomic mass is 10.2. The quantitative estimate of drug-likeness (QED) is 0.293. The highest BCUT2D eigenvalue weighted by molar-refractivity contribution is 5.97. The lowest BCUT2D eigenvalue weighted by Gasteiger charge is -2.24. The van der Waals surface area contributed by atoms with Crippen molar-refractivity contribution in [1.29, 1.82) is 0 Å². The van der Waals surface area contributed by atoms with Gasteiger partial charge in [0.2, 0.25) is 5.96 Å². The standard InChI is InChI=1S/C11H16N4O/c1-13-11(14-12)15-7-4-8-16-10-6-3-2-5-9(10)15/h2-3,5-6H,4,7-8,12H2,1H3,(H,13,14). The third-order valence-electron chi connectivity index (χ3n) is 2.54. The molecule has 86 valence electrons. The van der Waals surface area contributed by atoms with E-state index >= 15 is 0 Å². The molecule has 3 N–H and O–H groups in total. The number of anilines is 1.